The molecule has 2 aromatic rings. The molecule has 1 aromatic heterocycles. The molecule has 0 N–H and O–H groups in total. The topological polar surface area (TPSA) is 44.1 Å². The fourth-order valence-electron chi connectivity index (χ4n) is 2.10. The zero-order chi connectivity index (χ0) is 12.5. The van der Waals surface area contributed by atoms with Gasteiger partial charge in [0.1, 0.15) is 17.1 Å². The first kappa shape index (κ1) is 11.3. The highest BCUT2D eigenvalue weighted by molar-refractivity contribution is 7.99. The molecule has 0 unspecified atom stereocenters. The summed E-state index contributed by atoms with van der Waals surface area (Å²) < 4.78 is 7.18. The van der Waals surface area contributed by atoms with E-state index < -0.39 is 0 Å². The van der Waals surface area contributed by atoms with Crippen molar-refractivity contribution < 1.29 is 9.53 Å². The van der Waals surface area contributed by atoms with Crippen molar-refractivity contribution in [2.75, 3.05) is 12.9 Å². The van der Waals surface area contributed by atoms with E-state index in [9.17, 15) is 4.79 Å². The average Bonchev–Trinajstić information content (AvgIpc) is 2.98. The molecule has 2 heterocycles. The third kappa shape index (κ3) is 1.71. The van der Waals surface area contributed by atoms with Gasteiger partial charge in [-0.2, -0.15) is 0 Å². The van der Waals surface area contributed by atoms with Crippen molar-refractivity contribution in [2.45, 2.75) is 11.7 Å². The Morgan fingerprint density at radius 2 is 2.39 bits per heavy atom. The predicted molar refractivity (Wildman–Crippen MR) is 70.3 cm³/mol. The van der Waals surface area contributed by atoms with Crippen LogP contribution in [0.5, 0.6) is 5.75 Å². The summed E-state index contributed by atoms with van der Waals surface area (Å²) in [5.41, 5.74) is 2.31. The predicted octanol–water partition coefficient (Wildman–Crippen LogP) is 2.48. The molecule has 1 aromatic carbocycles. The van der Waals surface area contributed by atoms with Crippen molar-refractivity contribution in [3.8, 4) is 17.0 Å². The molecular weight excluding hydrogens is 248 g/mol. The highest BCUT2D eigenvalue weighted by Gasteiger charge is 2.22. The van der Waals surface area contributed by atoms with Crippen molar-refractivity contribution in [3.63, 3.8) is 0 Å². The second-order valence-corrected chi connectivity index (χ2v) is 5.04. The van der Waals surface area contributed by atoms with E-state index in [1.807, 2.05) is 28.8 Å². The number of nitrogens with zero attached hydrogens (tertiary/aromatic N) is 2. The number of methoxy groups -OCH3 is 1. The molecule has 0 bridgehead atoms. The monoisotopic (exact) mass is 260 g/mol. The molecule has 1 aliphatic heterocycles. The minimum atomic E-state index is 0.656. The number of fused-ring (bicyclic) bond motifs is 1. The van der Waals surface area contributed by atoms with Gasteiger partial charge in [-0.25, -0.2) is 4.98 Å². The van der Waals surface area contributed by atoms with Gasteiger partial charge in [0, 0.05) is 17.9 Å². The molecule has 0 aliphatic carbocycles. The number of hydrogen-bond donors (Lipinski definition) is 0. The number of thioether (sulfide) groups is 1. The number of imidazole rings is 1. The van der Waals surface area contributed by atoms with Gasteiger partial charge in [0.2, 0.25) is 0 Å². The van der Waals surface area contributed by atoms with Crippen LogP contribution in [0.25, 0.3) is 11.3 Å². The minimum Gasteiger partial charge on any atom is -0.497 e. The zero-order valence-corrected chi connectivity index (χ0v) is 10.7. The summed E-state index contributed by atoms with van der Waals surface area (Å²) in [6, 6.07) is 7.62. The smallest absolute Gasteiger partial charge is 0.169 e. The SMILES string of the molecule is COc1cccc(-c2nc3n(c2C=O)CCS3)c1. The Morgan fingerprint density at radius 1 is 1.50 bits per heavy atom. The maximum absolute atomic E-state index is 11.3. The number of benzene rings is 1. The fraction of sp³-hybridized carbons (Fsp3) is 0.231. The molecule has 0 fully saturated rings. The summed E-state index contributed by atoms with van der Waals surface area (Å²) in [7, 11) is 1.63. The van der Waals surface area contributed by atoms with Crippen molar-refractivity contribution in [2.24, 2.45) is 0 Å². The van der Waals surface area contributed by atoms with E-state index in [0.29, 0.717) is 5.69 Å². The van der Waals surface area contributed by atoms with Gasteiger partial charge in [0.25, 0.3) is 0 Å². The second-order valence-electron chi connectivity index (χ2n) is 3.98. The van der Waals surface area contributed by atoms with Gasteiger partial charge in [0.15, 0.2) is 11.4 Å². The van der Waals surface area contributed by atoms with Crippen LogP contribution in [0.4, 0.5) is 0 Å². The Hall–Kier alpha value is -1.75. The summed E-state index contributed by atoms with van der Waals surface area (Å²) in [6.45, 7) is 0.852. The Morgan fingerprint density at radius 3 is 3.17 bits per heavy atom. The maximum Gasteiger partial charge on any atom is 0.169 e. The third-order valence-corrected chi connectivity index (χ3v) is 3.93. The van der Waals surface area contributed by atoms with E-state index in [4.69, 9.17) is 4.74 Å². The standard InChI is InChI=1S/C13H12N2O2S/c1-17-10-4-2-3-9(7-10)12-11(8-16)15-5-6-18-13(15)14-12/h2-4,7-8H,5-6H2,1H3. The highest BCUT2D eigenvalue weighted by Crippen LogP contribution is 2.33. The fourth-order valence-corrected chi connectivity index (χ4v) is 3.06. The number of carbonyl (C=O) groups is 1. The van der Waals surface area contributed by atoms with Crippen LogP contribution in [0.15, 0.2) is 29.4 Å². The van der Waals surface area contributed by atoms with Gasteiger partial charge in [0.05, 0.1) is 7.11 Å². The molecule has 18 heavy (non-hydrogen) atoms. The van der Waals surface area contributed by atoms with Crippen molar-refractivity contribution in [1.82, 2.24) is 9.55 Å². The largest absolute Gasteiger partial charge is 0.497 e. The quantitative estimate of drug-likeness (QED) is 0.795. The molecule has 0 atom stereocenters. The Bertz CT molecular complexity index is 607. The number of rotatable bonds is 3. The lowest BCUT2D eigenvalue weighted by Crippen LogP contribution is -2.00. The van der Waals surface area contributed by atoms with E-state index in [2.05, 4.69) is 4.98 Å². The summed E-state index contributed by atoms with van der Waals surface area (Å²) in [6.07, 6.45) is 0.886. The van der Waals surface area contributed by atoms with Crippen LogP contribution in [0.1, 0.15) is 10.5 Å². The van der Waals surface area contributed by atoms with E-state index in [1.54, 1.807) is 18.9 Å². The first-order chi connectivity index (χ1) is 8.83. The van der Waals surface area contributed by atoms with Gasteiger partial charge in [-0.15, -0.1) is 0 Å². The van der Waals surface area contributed by atoms with E-state index in [-0.39, 0.29) is 0 Å². The lowest BCUT2D eigenvalue weighted by atomic mass is 10.1. The van der Waals surface area contributed by atoms with E-state index >= 15 is 0 Å². The van der Waals surface area contributed by atoms with Crippen molar-refractivity contribution in [3.05, 3.63) is 30.0 Å². The summed E-state index contributed by atoms with van der Waals surface area (Å²) in [4.78, 5) is 15.8. The Labute approximate surface area is 109 Å². The lowest BCUT2D eigenvalue weighted by Gasteiger charge is -2.03. The lowest BCUT2D eigenvalue weighted by molar-refractivity contribution is 0.111. The summed E-state index contributed by atoms with van der Waals surface area (Å²) in [5, 5.41) is 0.926. The normalized spacial score (nSPS) is 13.4. The van der Waals surface area contributed by atoms with Crippen LogP contribution in [0, 0.1) is 0 Å². The number of aldehydes is 1. The molecule has 5 heteroatoms. The maximum atomic E-state index is 11.3. The number of ether oxygens (including phenoxy) is 1. The van der Waals surface area contributed by atoms with Gasteiger partial charge in [-0.3, -0.25) is 4.79 Å². The van der Waals surface area contributed by atoms with Crippen molar-refractivity contribution >= 4 is 18.0 Å². The molecular formula is C13H12N2O2S. The van der Waals surface area contributed by atoms with Crippen LogP contribution in [-0.4, -0.2) is 28.7 Å². The molecule has 0 amide bonds. The van der Waals surface area contributed by atoms with E-state index in [0.717, 1.165) is 40.7 Å². The van der Waals surface area contributed by atoms with Gasteiger partial charge in [-0.05, 0) is 12.1 Å². The molecule has 1 aliphatic rings. The molecule has 92 valence electrons. The first-order valence-corrected chi connectivity index (χ1v) is 6.65. The van der Waals surface area contributed by atoms with Crippen molar-refractivity contribution in [1.29, 1.82) is 0 Å². The number of carbonyl (C=O) groups excluding carboxylic acids is 1. The molecule has 0 spiro atoms. The number of hydrogen-bond acceptors (Lipinski definition) is 4. The van der Waals surface area contributed by atoms with Crippen LogP contribution in [0.2, 0.25) is 0 Å². The van der Waals surface area contributed by atoms with Crippen LogP contribution >= 0.6 is 11.8 Å². The molecule has 4 nitrogen and oxygen atoms in total. The second kappa shape index (κ2) is 4.49. The van der Waals surface area contributed by atoms with Crippen LogP contribution < -0.4 is 4.74 Å². The van der Waals surface area contributed by atoms with Gasteiger partial charge >= 0.3 is 0 Å². The van der Waals surface area contributed by atoms with E-state index in [1.165, 1.54) is 0 Å². The molecule has 0 saturated carbocycles. The van der Waals surface area contributed by atoms with Crippen LogP contribution in [0.3, 0.4) is 0 Å². The molecule has 0 saturated heterocycles. The summed E-state index contributed by atoms with van der Waals surface area (Å²) >= 11 is 1.68. The number of aromatic nitrogens is 2. The van der Waals surface area contributed by atoms with Crippen LogP contribution in [-0.2, 0) is 6.54 Å². The highest BCUT2D eigenvalue weighted by atomic mass is 32.2. The zero-order valence-electron chi connectivity index (χ0n) is 9.92. The Balaban J connectivity index is 2.14. The summed E-state index contributed by atoms with van der Waals surface area (Å²) in [5.74, 6) is 1.76. The van der Waals surface area contributed by atoms with Gasteiger partial charge in [-0.1, -0.05) is 23.9 Å². The molecule has 3 rings (SSSR count). The third-order valence-electron chi connectivity index (χ3n) is 2.97. The Kier molecular flexibility index (Phi) is 2.83. The molecule has 0 radical (unpaired) electrons. The minimum absolute atomic E-state index is 0.656. The first-order valence-electron chi connectivity index (χ1n) is 5.66. The average molecular weight is 260 g/mol. The van der Waals surface area contributed by atoms with Gasteiger partial charge < -0.3 is 9.30 Å².